The molecule has 0 radical (unpaired) electrons. The zero-order valence-electron chi connectivity index (χ0n) is 14.4. The number of para-hydroxylation sites is 1. The second kappa shape index (κ2) is 6.51. The standard InChI is InChI=1S/C17H22N.6FH.Sb/c1-14-10-8-9-13-17(14)18(3,4)15(2)16-11-6-5-7-12-16;;;;;;;/h5-13,15H,1-4H3;6*1H;/q+1;;;;;;;+5/p-6. The van der Waals surface area contributed by atoms with E-state index in [-0.39, 0.29) is 0 Å². The molecule has 1 atom stereocenters. The summed E-state index contributed by atoms with van der Waals surface area (Å²) in [4.78, 5) is 0. The Kier molecular flexibility index (Phi) is 5.69. The van der Waals surface area contributed by atoms with Crippen molar-refractivity contribution in [2.45, 2.75) is 19.9 Å². The molecule has 0 saturated heterocycles. The summed E-state index contributed by atoms with van der Waals surface area (Å²) >= 11 is -11.2. The second-order valence-electron chi connectivity index (χ2n) is 6.37. The predicted molar refractivity (Wildman–Crippen MR) is 92.1 cm³/mol. The van der Waals surface area contributed by atoms with Gasteiger partial charge >= 0.3 is 36.4 Å². The number of aryl methyl sites for hydroxylation is 1. The molecule has 0 N–H and O–H groups in total. The molecule has 25 heavy (non-hydrogen) atoms. The van der Waals surface area contributed by atoms with Gasteiger partial charge in [0.1, 0.15) is 11.7 Å². The first-order chi connectivity index (χ1) is 11.0. The molecule has 0 bridgehead atoms. The van der Waals surface area contributed by atoms with Crippen LogP contribution in [0, 0.1) is 6.92 Å². The average Bonchev–Trinajstić information content (AvgIpc) is 2.44. The molecule has 0 spiro atoms. The zero-order chi connectivity index (χ0) is 19.6. The molecule has 2 aromatic carbocycles. The van der Waals surface area contributed by atoms with Crippen LogP contribution in [-0.4, -0.2) is 33.6 Å². The molecule has 0 fully saturated rings. The number of halogens is 6. The van der Waals surface area contributed by atoms with Crippen LogP contribution in [0.3, 0.4) is 0 Å². The molecule has 142 valence electrons. The summed E-state index contributed by atoms with van der Waals surface area (Å²) in [5.74, 6) is 0. The van der Waals surface area contributed by atoms with E-state index >= 15 is 0 Å². The molecule has 0 saturated carbocycles. The van der Waals surface area contributed by atoms with Crippen LogP contribution < -0.4 is 4.48 Å². The van der Waals surface area contributed by atoms with E-state index in [1.54, 1.807) is 0 Å². The van der Waals surface area contributed by atoms with Gasteiger partial charge in [-0.3, -0.25) is 4.48 Å². The Morgan fingerprint density at radius 1 is 0.760 bits per heavy atom. The Labute approximate surface area is 146 Å². The fourth-order valence-corrected chi connectivity index (χ4v) is 2.52. The maximum absolute atomic E-state index is 11.2. The first-order valence-corrected chi connectivity index (χ1v) is 13.3. The molecule has 1 unspecified atom stereocenters. The summed E-state index contributed by atoms with van der Waals surface area (Å²) in [6, 6.07) is 19.8. The molecule has 1 nitrogen and oxygen atoms in total. The third kappa shape index (κ3) is 8.63. The van der Waals surface area contributed by atoms with Crippen molar-refractivity contribution in [2.24, 2.45) is 0 Å². The van der Waals surface area contributed by atoms with Crippen molar-refractivity contribution in [3.05, 3.63) is 65.7 Å². The van der Waals surface area contributed by atoms with E-state index in [0.717, 1.165) is 4.48 Å². The Bertz CT molecular complexity index is 699. The average molecular weight is 476 g/mol. The van der Waals surface area contributed by atoms with Crippen molar-refractivity contribution in [3.8, 4) is 0 Å². The maximum atomic E-state index is 9.93. The van der Waals surface area contributed by atoms with Crippen molar-refractivity contribution in [1.82, 2.24) is 4.48 Å². The SMILES string of the molecule is Cc1ccccc1[N+](C)(C)C(C)c1ccccc1.[F][Sb-]([F])([F])([F])([F])[F]. The van der Waals surface area contributed by atoms with E-state index in [1.807, 2.05) is 0 Å². The monoisotopic (exact) mass is 475 g/mol. The van der Waals surface area contributed by atoms with Crippen molar-refractivity contribution in [1.29, 1.82) is 0 Å². The van der Waals surface area contributed by atoms with Crippen LogP contribution in [0.1, 0.15) is 24.1 Å². The van der Waals surface area contributed by atoms with Gasteiger partial charge in [-0.25, -0.2) is 0 Å². The first-order valence-electron chi connectivity index (χ1n) is 7.49. The summed E-state index contributed by atoms with van der Waals surface area (Å²) in [5.41, 5.74) is 4.12. The summed E-state index contributed by atoms with van der Waals surface area (Å²) in [6.07, 6.45) is 0. The Balaban J connectivity index is 0.000000381. The van der Waals surface area contributed by atoms with E-state index in [2.05, 4.69) is 82.5 Å². The van der Waals surface area contributed by atoms with Crippen LogP contribution in [-0.2, 0) is 0 Å². The molecule has 0 aliphatic heterocycles. The molecule has 0 amide bonds. The molecule has 2 rings (SSSR count). The van der Waals surface area contributed by atoms with E-state index < -0.39 is 19.5 Å². The van der Waals surface area contributed by atoms with Gasteiger partial charge in [0.15, 0.2) is 0 Å². The molecule has 0 aromatic heterocycles. The van der Waals surface area contributed by atoms with Gasteiger partial charge in [0.05, 0.1) is 14.1 Å². The predicted octanol–water partition coefficient (Wildman–Crippen LogP) is 6.46. The fourth-order valence-electron chi connectivity index (χ4n) is 2.52. The topological polar surface area (TPSA) is 0 Å². The molecule has 0 aliphatic carbocycles. The fraction of sp³-hybridized carbons (Fsp3) is 0.294. The summed E-state index contributed by atoms with van der Waals surface area (Å²) in [5, 5.41) is 0. The van der Waals surface area contributed by atoms with E-state index in [1.165, 1.54) is 16.8 Å². The van der Waals surface area contributed by atoms with Crippen LogP contribution in [0.15, 0.2) is 54.6 Å². The number of nitrogens with zero attached hydrogens (tertiary/aromatic N) is 1. The Hall–Kier alpha value is -1.20. The van der Waals surface area contributed by atoms with Crippen molar-refractivity contribution < 1.29 is 16.9 Å². The molecule has 0 aliphatic rings. The van der Waals surface area contributed by atoms with Crippen LogP contribution in [0.5, 0.6) is 0 Å². The van der Waals surface area contributed by atoms with Crippen molar-refractivity contribution >= 4 is 25.2 Å². The normalized spacial score (nSPS) is 16.1. The van der Waals surface area contributed by atoms with Crippen molar-refractivity contribution in [3.63, 3.8) is 0 Å². The van der Waals surface area contributed by atoms with Gasteiger partial charge in [-0.2, -0.15) is 0 Å². The molecule has 2 aromatic rings. The summed E-state index contributed by atoms with van der Waals surface area (Å²) in [7, 11) is 4.56. The number of rotatable bonds is 3. The number of benzene rings is 2. The Morgan fingerprint density at radius 3 is 1.60 bits per heavy atom. The van der Waals surface area contributed by atoms with E-state index in [0.29, 0.717) is 6.04 Å². The number of hydrogen-bond acceptors (Lipinski definition) is 0. The Morgan fingerprint density at radius 2 is 1.16 bits per heavy atom. The minimum atomic E-state index is -11.2. The van der Waals surface area contributed by atoms with Gasteiger partial charge in [-0.05, 0) is 19.9 Å². The summed E-state index contributed by atoms with van der Waals surface area (Å²) in [6.45, 7) is 4.48. The quantitative estimate of drug-likeness (QED) is 0.271. The summed E-state index contributed by atoms with van der Waals surface area (Å²) < 4.78 is 60.4. The van der Waals surface area contributed by atoms with Gasteiger partial charge in [-0.1, -0.05) is 48.5 Å². The van der Waals surface area contributed by atoms with Gasteiger partial charge < -0.3 is 0 Å². The number of hydrogen-bond donors (Lipinski definition) is 0. The third-order valence-corrected chi connectivity index (χ3v) is 3.99. The van der Waals surface area contributed by atoms with Crippen LogP contribution in [0.4, 0.5) is 22.6 Å². The molecular formula is C17H22F6NSb. The number of quaternary nitrogens is 1. The van der Waals surface area contributed by atoms with Gasteiger partial charge in [0, 0.05) is 11.1 Å². The zero-order valence-corrected chi connectivity index (χ0v) is 17.0. The van der Waals surface area contributed by atoms with Gasteiger partial charge in [0.25, 0.3) is 0 Å². The van der Waals surface area contributed by atoms with Crippen LogP contribution >= 0.6 is 0 Å². The van der Waals surface area contributed by atoms with E-state index in [4.69, 9.17) is 0 Å². The van der Waals surface area contributed by atoms with Crippen LogP contribution in [0.2, 0.25) is 0 Å². The third-order valence-electron chi connectivity index (χ3n) is 3.99. The van der Waals surface area contributed by atoms with Gasteiger partial charge in [-0.15, -0.1) is 0 Å². The second-order valence-corrected chi connectivity index (χ2v) is 11.8. The van der Waals surface area contributed by atoms with Gasteiger partial charge in [0.2, 0.25) is 0 Å². The molecule has 0 heterocycles. The first kappa shape index (κ1) is 21.8. The molecular weight excluding hydrogens is 454 g/mol. The van der Waals surface area contributed by atoms with Crippen molar-refractivity contribution in [2.75, 3.05) is 14.1 Å². The van der Waals surface area contributed by atoms with E-state index in [9.17, 15) is 16.9 Å². The minimum absolute atomic E-state index is 0.437. The molecule has 8 heteroatoms. The van der Waals surface area contributed by atoms with Crippen LogP contribution in [0.25, 0.3) is 0 Å².